The Hall–Kier alpha value is -1.82. The van der Waals surface area contributed by atoms with Gasteiger partial charge in [-0.3, -0.25) is 0 Å². The molecular formula is C15H18O5S. The first kappa shape index (κ1) is 15.6. The van der Waals surface area contributed by atoms with Crippen LogP contribution in [0.3, 0.4) is 0 Å². The lowest BCUT2D eigenvalue weighted by molar-refractivity contribution is 0.0664. The van der Waals surface area contributed by atoms with Gasteiger partial charge in [0.15, 0.2) is 9.84 Å². The van der Waals surface area contributed by atoms with Crippen LogP contribution < -0.4 is 0 Å². The Balaban J connectivity index is 2.41. The number of furan rings is 1. The highest BCUT2D eigenvalue weighted by Gasteiger charge is 2.24. The topological polar surface area (TPSA) is 84.6 Å². The van der Waals surface area contributed by atoms with Gasteiger partial charge in [0.25, 0.3) is 0 Å². The van der Waals surface area contributed by atoms with Gasteiger partial charge in [-0.15, -0.1) is 0 Å². The third-order valence-corrected chi connectivity index (χ3v) is 4.85. The third kappa shape index (κ3) is 3.64. The van der Waals surface area contributed by atoms with Crippen molar-refractivity contribution < 1.29 is 22.7 Å². The quantitative estimate of drug-likeness (QED) is 0.886. The second-order valence-corrected chi connectivity index (χ2v) is 7.67. The summed E-state index contributed by atoms with van der Waals surface area (Å²) in [4.78, 5) is 11.3. The molecule has 21 heavy (non-hydrogen) atoms. The minimum atomic E-state index is -3.37. The number of sulfone groups is 1. The molecule has 1 aromatic carbocycles. The van der Waals surface area contributed by atoms with E-state index in [1.807, 2.05) is 13.8 Å². The molecule has 2 rings (SSSR count). The Morgan fingerprint density at radius 2 is 1.95 bits per heavy atom. The van der Waals surface area contributed by atoms with Gasteiger partial charge in [-0.25, -0.2) is 13.2 Å². The molecule has 1 heterocycles. The van der Waals surface area contributed by atoms with Gasteiger partial charge >= 0.3 is 5.97 Å². The SMILES string of the molecule is CC(C)CCS(=O)(=O)Cc1c(C(=O)O)oc2ccccc12. The van der Waals surface area contributed by atoms with Crippen LogP contribution in [0.1, 0.15) is 36.4 Å². The largest absolute Gasteiger partial charge is 0.475 e. The van der Waals surface area contributed by atoms with E-state index in [1.165, 1.54) is 0 Å². The molecule has 114 valence electrons. The van der Waals surface area contributed by atoms with Gasteiger partial charge in [0.05, 0.1) is 11.5 Å². The molecule has 6 heteroatoms. The number of hydrogen-bond acceptors (Lipinski definition) is 4. The normalized spacial score (nSPS) is 12.1. The van der Waals surface area contributed by atoms with Crippen molar-refractivity contribution in [1.29, 1.82) is 0 Å². The predicted octanol–water partition coefficient (Wildman–Crippen LogP) is 3.09. The van der Waals surface area contributed by atoms with Gasteiger partial charge in [-0.1, -0.05) is 32.0 Å². The van der Waals surface area contributed by atoms with Gasteiger partial charge in [0, 0.05) is 10.9 Å². The molecule has 0 saturated carbocycles. The summed E-state index contributed by atoms with van der Waals surface area (Å²) in [5.41, 5.74) is 0.630. The van der Waals surface area contributed by atoms with E-state index in [1.54, 1.807) is 24.3 Å². The highest BCUT2D eigenvalue weighted by molar-refractivity contribution is 7.90. The second-order valence-electron chi connectivity index (χ2n) is 5.49. The number of para-hydroxylation sites is 1. The minimum Gasteiger partial charge on any atom is -0.475 e. The van der Waals surface area contributed by atoms with Gasteiger partial charge < -0.3 is 9.52 Å². The fraction of sp³-hybridized carbons (Fsp3) is 0.400. The van der Waals surface area contributed by atoms with E-state index in [0.717, 1.165) is 0 Å². The molecular weight excluding hydrogens is 292 g/mol. The monoisotopic (exact) mass is 310 g/mol. The lowest BCUT2D eigenvalue weighted by Gasteiger charge is -2.06. The van der Waals surface area contributed by atoms with Crippen LogP contribution >= 0.6 is 0 Å². The molecule has 0 radical (unpaired) electrons. The molecule has 0 fully saturated rings. The van der Waals surface area contributed by atoms with Crippen LogP contribution in [0.2, 0.25) is 0 Å². The number of fused-ring (bicyclic) bond motifs is 1. The first-order chi connectivity index (χ1) is 9.80. The average Bonchev–Trinajstić information content (AvgIpc) is 2.75. The maximum atomic E-state index is 12.2. The molecule has 5 nitrogen and oxygen atoms in total. The molecule has 1 N–H and O–H groups in total. The highest BCUT2D eigenvalue weighted by Crippen LogP contribution is 2.28. The van der Waals surface area contributed by atoms with Crippen molar-refractivity contribution in [2.75, 3.05) is 5.75 Å². The van der Waals surface area contributed by atoms with Crippen molar-refractivity contribution in [2.24, 2.45) is 5.92 Å². The molecule has 0 aliphatic heterocycles. The number of carboxylic acids is 1. The summed E-state index contributed by atoms with van der Waals surface area (Å²) in [6.45, 7) is 3.90. The van der Waals surface area contributed by atoms with E-state index in [4.69, 9.17) is 4.42 Å². The van der Waals surface area contributed by atoms with Crippen molar-refractivity contribution in [1.82, 2.24) is 0 Å². The zero-order valence-electron chi connectivity index (χ0n) is 12.0. The molecule has 0 atom stereocenters. The molecule has 0 spiro atoms. The molecule has 0 bridgehead atoms. The zero-order valence-corrected chi connectivity index (χ0v) is 12.8. The molecule has 2 aromatic rings. The summed E-state index contributed by atoms with van der Waals surface area (Å²) >= 11 is 0. The fourth-order valence-corrected chi connectivity index (χ4v) is 3.82. The average molecular weight is 310 g/mol. The smallest absolute Gasteiger partial charge is 0.372 e. The van der Waals surface area contributed by atoms with Crippen molar-refractivity contribution in [2.45, 2.75) is 26.0 Å². The van der Waals surface area contributed by atoms with E-state index in [2.05, 4.69) is 0 Å². The summed E-state index contributed by atoms with van der Waals surface area (Å²) in [7, 11) is -3.37. The van der Waals surface area contributed by atoms with Crippen LogP contribution in [0.4, 0.5) is 0 Å². The zero-order chi connectivity index (χ0) is 15.6. The summed E-state index contributed by atoms with van der Waals surface area (Å²) < 4.78 is 29.6. The molecule has 0 aliphatic rings. The highest BCUT2D eigenvalue weighted by atomic mass is 32.2. The van der Waals surface area contributed by atoms with Crippen molar-refractivity contribution in [3.8, 4) is 0 Å². The predicted molar refractivity (Wildman–Crippen MR) is 80.1 cm³/mol. The second kappa shape index (κ2) is 5.89. The number of hydrogen-bond donors (Lipinski definition) is 1. The van der Waals surface area contributed by atoms with Gasteiger partial charge in [-0.2, -0.15) is 0 Å². The fourth-order valence-electron chi connectivity index (χ4n) is 2.12. The standard InChI is InChI=1S/C15H18O5S/c1-10(2)7-8-21(18,19)9-12-11-5-3-4-6-13(11)20-14(12)15(16)17/h3-6,10H,7-9H2,1-2H3,(H,16,17). The van der Waals surface area contributed by atoms with Crippen LogP contribution in [0.15, 0.2) is 28.7 Å². The van der Waals surface area contributed by atoms with E-state index in [0.29, 0.717) is 17.4 Å². The Morgan fingerprint density at radius 3 is 2.57 bits per heavy atom. The van der Waals surface area contributed by atoms with Gasteiger partial charge in [0.1, 0.15) is 5.58 Å². The maximum Gasteiger partial charge on any atom is 0.372 e. The number of benzene rings is 1. The van der Waals surface area contributed by atoms with E-state index >= 15 is 0 Å². The van der Waals surface area contributed by atoms with Crippen LogP contribution in [0.5, 0.6) is 0 Å². The van der Waals surface area contributed by atoms with Gasteiger partial charge in [0.2, 0.25) is 5.76 Å². The Kier molecular flexibility index (Phi) is 4.37. The Bertz CT molecular complexity index is 755. The molecule has 0 unspecified atom stereocenters. The number of aromatic carboxylic acids is 1. The van der Waals surface area contributed by atoms with E-state index in [9.17, 15) is 18.3 Å². The van der Waals surface area contributed by atoms with Crippen LogP contribution in [0.25, 0.3) is 11.0 Å². The Labute approximate surface area is 123 Å². The number of carboxylic acid groups (broad SMARTS) is 1. The molecule has 1 aromatic heterocycles. The third-order valence-electron chi connectivity index (χ3n) is 3.26. The first-order valence-corrected chi connectivity index (χ1v) is 8.56. The lowest BCUT2D eigenvalue weighted by Crippen LogP contribution is -2.13. The summed E-state index contributed by atoms with van der Waals surface area (Å²) in [5.74, 6) is -1.52. The van der Waals surface area contributed by atoms with E-state index < -0.39 is 15.8 Å². The number of carbonyl (C=O) groups is 1. The number of rotatable bonds is 6. The van der Waals surface area contributed by atoms with Crippen LogP contribution in [-0.4, -0.2) is 25.2 Å². The first-order valence-electron chi connectivity index (χ1n) is 6.74. The van der Waals surface area contributed by atoms with Crippen LogP contribution in [-0.2, 0) is 15.6 Å². The lowest BCUT2D eigenvalue weighted by atomic mass is 10.1. The van der Waals surface area contributed by atoms with Crippen molar-refractivity contribution in [3.63, 3.8) is 0 Å². The maximum absolute atomic E-state index is 12.2. The summed E-state index contributed by atoms with van der Waals surface area (Å²) in [6, 6.07) is 6.76. The van der Waals surface area contributed by atoms with Crippen molar-refractivity contribution >= 4 is 26.8 Å². The molecule has 0 aliphatic carbocycles. The van der Waals surface area contributed by atoms with E-state index in [-0.39, 0.29) is 28.7 Å². The summed E-state index contributed by atoms with van der Waals surface area (Å²) in [6.07, 6.45) is 0.556. The van der Waals surface area contributed by atoms with Crippen molar-refractivity contribution in [3.05, 3.63) is 35.6 Å². The minimum absolute atomic E-state index is 0.0449. The van der Waals surface area contributed by atoms with Gasteiger partial charge in [-0.05, 0) is 18.4 Å². The summed E-state index contributed by atoms with van der Waals surface area (Å²) in [5, 5.41) is 9.74. The molecule has 0 amide bonds. The Morgan fingerprint density at radius 1 is 1.29 bits per heavy atom. The molecule has 0 saturated heterocycles. The van der Waals surface area contributed by atoms with Crippen LogP contribution in [0, 0.1) is 5.92 Å².